The summed E-state index contributed by atoms with van der Waals surface area (Å²) in [6.45, 7) is 5.70. The van der Waals surface area contributed by atoms with E-state index in [0.717, 1.165) is 42.0 Å². The maximum absolute atomic E-state index is 13.5. The molecule has 1 atom stereocenters. The quantitative estimate of drug-likeness (QED) is 0.812. The van der Waals surface area contributed by atoms with Gasteiger partial charge in [0.15, 0.2) is 0 Å². The van der Waals surface area contributed by atoms with Gasteiger partial charge in [-0.15, -0.1) is 24.8 Å². The average molecular weight is 404 g/mol. The molecule has 1 heterocycles. The molecule has 0 saturated carbocycles. The maximum Gasteiger partial charge on any atom is 0.124 e. The highest BCUT2D eigenvalue weighted by Gasteiger charge is 2.25. The van der Waals surface area contributed by atoms with Crippen molar-refractivity contribution in [3.05, 3.63) is 28.2 Å². The molecule has 7 heteroatoms. The molecule has 0 bridgehead atoms. The van der Waals surface area contributed by atoms with E-state index in [4.69, 9.17) is 4.74 Å². The summed E-state index contributed by atoms with van der Waals surface area (Å²) < 4.78 is 20.1. The monoisotopic (exact) mass is 402 g/mol. The number of benzene rings is 1. The van der Waals surface area contributed by atoms with E-state index < -0.39 is 6.67 Å². The van der Waals surface area contributed by atoms with Gasteiger partial charge in [-0.3, -0.25) is 4.90 Å². The highest BCUT2D eigenvalue weighted by atomic mass is 79.9. The Hall–Kier alpha value is -0.0700. The van der Waals surface area contributed by atoms with Gasteiger partial charge < -0.3 is 10.1 Å². The zero-order valence-electron chi connectivity index (χ0n) is 12.0. The lowest BCUT2D eigenvalue weighted by atomic mass is 10.0. The summed E-state index contributed by atoms with van der Waals surface area (Å²) in [5.74, 6) is 0.784. The summed E-state index contributed by atoms with van der Waals surface area (Å²) >= 11 is 3.46. The molecule has 1 N–H and O–H groups in total. The minimum Gasteiger partial charge on any atom is -0.494 e. The second kappa shape index (κ2) is 10.6. The number of rotatable bonds is 5. The highest BCUT2D eigenvalue weighted by molar-refractivity contribution is 9.10. The van der Waals surface area contributed by atoms with E-state index in [1.807, 2.05) is 25.1 Å². The van der Waals surface area contributed by atoms with Crippen molar-refractivity contribution in [2.24, 2.45) is 0 Å². The zero-order chi connectivity index (χ0) is 13.7. The SMILES string of the molecule is CCOc1ccc(Br)cc1[C@@H](CF)N1CCNCC1.Cl.Cl. The van der Waals surface area contributed by atoms with Gasteiger partial charge in [0.1, 0.15) is 12.4 Å². The average Bonchev–Trinajstić information content (AvgIpc) is 2.44. The van der Waals surface area contributed by atoms with E-state index in [2.05, 4.69) is 26.1 Å². The highest BCUT2D eigenvalue weighted by Crippen LogP contribution is 2.32. The molecule has 1 aliphatic rings. The first-order chi connectivity index (χ1) is 9.26. The molecular formula is C14H22BrCl2FN2O. The Morgan fingerprint density at radius 1 is 1.33 bits per heavy atom. The van der Waals surface area contributed by atoms with Crippen molar-refractivity contribution in [1.29, 1.82) is 0 Å². The van der Waals surface area contributed by atoms with Crippen molar-refractivity contribution in [2.45, 2.75) is 13.0 Å². The van der Waals surface area contributed by atoms with Gasteiger partial charge in [-0.05, 0) is 25.1 Å². The third-order valence-corrected chi connectivity index (χ3v) is 3.86. The molecule has 1 saturated heterocycles. The minimum absolute atomic E-state index is 0. The number of halogens is 4. The van der Waals surface area contributed by atoms with Gasteiger partial charge in [0.05, 0.1) is 12.6 Å². The Labute approximate surface area is 146 Å². The molecule has 2 rings (SSSR count). The summed E-state index contributed by atoms with van der Waals surface area (Å²) in [6, 6.07) is 5.59. The van der Waals surface area contributed by atoms with E-state index in [1.165, 1.54) is 0 Å². The number of hydrogen-bond donors (Lipinski definition) is 1. The summed E-state index contributed by atoms with van der Waals surface area (Å²) in [7, 11) is 0. The van der Waals surface area contributed by atoms with Crippen LogP contribution in [0.4, 0.5) is 4.39 Å². The van der Waals surface area contributed by atoms with E-state index in [1.54, 1.807) is 0 Å². The van der Waals surface area contributed by atoms with Crippen LogP contribution in [0.5, 0.6) is 5.75 Å². The topological polar surface area (TPSA) is 24.5 Å². The predicted molar refractivity (Wildman–Crippen MR) is 93.0 cm³/mol. The Bertz CT molecular complexity index is 420. The summed E-state index contributed by atoms with van der Waals surface area (Å²) in [6.07, 6.45) is 0. The summed E-state index contributed by atoms with van der Waals surface area (Å²) in [5.41, 5.74) is 0.931. The first-order valence-corrected chi connectivity index (χ1v) is 7.48. The lowest BCUT2D eigenvalue weighted by molar-refractivity contribution is 0.144. The third kappa shape index (κ3) is 5.57. The molecule has 0 unspecified atom stereocenters. The van der Waals surface area contributed by atoms with Gasteiger partial charge in [0, 0.05) is 36.2 Å². The number of alkyl halides is 1. The first kappa shape index (κ1) is 20.9. The molecule has 1 aromatic rings. The predicted octanol–water partition coefficient (Wildman–Crippen LogP) is 3.61. The van der Waals surface area contributed by atoms with Crippen molar-refractivity contribution in [3.63, 3.8) is 0 Å². The van der Waals surface area contributed by atoms with E-state index >= 15 is 0 Å². The van der Waals surface area contributed by atoms with E-state index in [9.17, 15) is 4.39 Å². The summed E-state index contributed by atoms with van der Waals surface area (Å²) in [5, 5.41) is 3.29. The number of ether oxygens (including phenoxy) is 1. The zero-order valence-corrected chi connectivity index (χ0v) is 15.2. The van der Waals surface area contributed by atoms with Crippen molar-refractivity contribution in [2.75, 3.05) is 39.5 Å². The van der Waals surface area contributed by atoms with Crippen LogP contribution in [0, 0.1) is 0 Å². The Morgan fingerprint density at radius 2 is 2.00 bits per heavy atom. The molecule has 1 fully saturated rings. The van der Waals surface area contributed by atoms with Gasteiger partial charge in [0.2, 0.25) is 0 Å². The van der Waals surface area contributed by atoms with Crippen molar-refractivity contribution in [3.8, 4) is 5.75 Å². The van der Waals surface area contributed by atoms with Crippen molar-refractivity contribution in [1.82, 2.24) is 10.2 Å². The molecule has 1 aromatic carbocycles. The largest absolute Gasteiger partial charge is 0.494 e. The molecule has 0 spiro atoms. The number of hydrogen-bond acceptors (Lipinski definition) is 3. The van der Waals surface area contributed by atoms with Gasteiger partial charge >= 0.3 is 0 Å². The number of nitrogens with one attached hydrogen (secondary N) is 1. The van der Waals surface area contributed by atoms with Crippen LogP contribution in [0.2, 0.25) is 0 Å². The van der Waals surface area contributed by atoms with Gasteiger partial charge in [-0.25, -0.2) is 4.39 Å². The molecule has 21 heavy (non-hydrogen) atoms. The van der Waals surface area contributed by atoms with Gasteiger partial charge in [0.25, 0.3) is 0 Å². The van der Waals surface area contributed by atoms with Crippen molar-refractivity contribution >= 4 is 40.7 Å². The lowest BCUT2D eigenvalue weighted by Crippen LogP contribution is -2.45. The van der Waals surface area contributed by atoms with Crippen LogP contribution in [0.1, 0.15) is 18.5 Å². The maximum atomic E-state index is 13.5. The van der Waals surface area contributed by atoms with Crippen LogP contribution in [-0.4, -0.2) is 44.4 Å². The van der Waals surface area contributed by atoms with Crippen LogP contribution in [-0.2, 0) is 0 Å². The van der Waals surface area contributed by atoms with Gasteiger partial charge in [-0.2, -0.15) is 0 Å². The fraction of sp³-hybridized carbons (Fsp3) is 0.571. The number of nitrogens with zero attached hydrogens (tertiary/aromatic N) is 1. The molecule has 122 valence electrons. The number of piperazine rings is 1. The molecular weight excluding hydrogens is 382 g/mol. The van der Waals surface area contributed by atoms with Crippen LogP contribution in [0.15, 0.2) is 22.7 Å². The molecule has 0 amide bonds. The minimum atomic E-state index is -0.392. The fourth-order valence-corrected chi connectivity index (χ4v) is 2.82. The Kier molecular flexibility index (Phi) is 10.6. The lowest BCUT2D eigenvalue weighted by Gasteiger charge is -2.34. The normalized spacial score (nSPS) is 16.5. The molecule has 3 nitrogen and oxygen atoms in total. The van der Waals surface area contributed by atoms with Crippen LogP contribution in [0.3, 0.4) is 0 Å². The van der Waals surface area contributed by atoms with E-state index in [0.29, 0.717) is 6.61 Å². The standard InChI is InChI=1S/C14H20BrFN2O.2ClH/c1-2-19-14-4-3-11(15)9-12(14)13(10-16)18-7-5-17-6-8-18;;/h3-4,9,13,17H,2,5-8,10H2,1H3;2*1H/t13-;;/m1../s1. The smallest absolute Gasteiger partial charge is 0.124 e. The van der Waals surface area contributed by atoms with Crippen molar-refractivity contribution < 1.29 is 9.13 Å². The third-order valence-electron chi connectivity index (χ3n) is 3.37. The first-order valence-electron chi connectivity index (χ1n) is 6.69. The van der Waals surface area contributed by atoms with Crippen LogP contribution in [0.25, 0.3) is 0 Å². The Balaban J connectivity index is 0.00000200. The van der Waals surface area contributed by atoms with E-state index in [-0.39, 0.29) is 30.9 Å². The summed E-state index contributed by atoms with van der Waals surface area (Å²) in [4.78, 5) is 2.18. The molecule has 0 aliphatic carbocycles. The molecule has 1 aliphatic heterocycles. The van der Waals surface area contributed by atoms with Gasteiger partial charge in [-0.1, -0.05) is 15.9 Å². The molecule has 0 aromatic heterocycles. The Morgan fingerprint density at radius 3 is 2.57 bits per heavy atom. The molecule has 0 radical (unpaired) electrons. The second-order valence-electron chi connectivity index (χ2n) is 4.57. The fourth-order valence-electron chi connectivity index (χ4n) is 2.44. The van der Waals surface area contributed by atoms with Crippen LogP contribution < -0.4 is 10.1 Å². The van der Waals surface area contributed by atoms with Crippen LogP contribution >= 0.6 is 40.7 Å². The second-order valence-corrected chi connectivity index (χ2v) is 5.49.